The number of rotatable bonds is 2. The molecule has 0 aliphatic rings. The lowest BCUT2D eigenvalue weighted by Gasteiger charge is -2.30. The van der Waals surface area contributed by atoms with Crippen LogP contribution < -0.4 is 11.3 Å². The van der Waals surface area contributed by atoms with Gasteiger partial charge in [-0.05, 0) is 17.0 Å². The highest BCUT2D eigenvalue weighted by molar-refractivity contribution is 5.17. The summed E-state index contributed by atoms with van der Waals surface area (Å²) in [4.78, 5) is 3.80. The predicted molar refractivity (Wildman–Crippen MR) is 53.7 cm³/mol. The average Bonchev–Trinajstić information content (AvgIpc) is 2.02. The molecule has 0 aromatic carbocycles. The van der Waals surface area contributed by atoms with Crippen LogP contribution in [0.5, 0.6) is 0 Å². The summed E-state index contributed by atoms with van der Waals surface area (Å²) in [6.07, 6.45) is 2.80. The Kier molecular flexibility index (Phi) is 3.18. The highest BCUT2D eigenvalue weighted by Gasteiger charge is 2.25. The van der Waals surface area contributed by atoms with Crippen LogP contribution >= 0.6 is 0 Å². The van der Waals surface area contributed by atoms with Crippen molar-refractivity contribution in [2.24, 2.45) is 11.3 Å². The zero-order valence-corrected chi connectivity index (χ0v) is 8.71. The lowest BCUT2D eigenvalue weighted by atomic mass is 9.83. The molecular weight excluding hydrogens is 181 g/mol. The van der Waals surface area contributed by atoms with E-state index in [1.165, 1.54) is 12.3 Å². The van der Waals surface area contributed by atoms with Crippen molar-refractivity contribution >= 4 is 0 Å². The van der Waals surface area contributed by atoms with Crippen molar-refractivity contribution in [3.05, 3.63) is 29.8 Å². The van der Waals surface area contributed by atoms with Crippen LogP contribution in [0.15, 0.2) is 18.5 Å². The molecule has 0 spiro atoms. The molecular formula is C10H16FN3. The van der Waals surface area contributed by atoms with E-state index in [1.54, 1.807) is 6.20 Å². The third-order valence-electron chi connectivity index (χ3n) is 2.09. The fourth-order valence-electron chi connectivity index (χ4n) is 1.43. The molecule has 0 aliphatic carbocycles. The third-order valence-corrected chi connectivity index (χ3v) is 2.09. The lowest BCUT2D eigenvalue weighted by molar-refractivity contribution is 0.274. The van der Waals surface area contributed by atoms with Gasteiger partial charge in [0.2, 0.25) is 0 Å². The molecule has 0 saturated heterocycles. The van der Waals surface area contributed by atoms with Gasteiger partial charge in [-0.3, -0.25) is 16.3 Å². The molecule has 1 aromatic heterocycles. The van der Waals surface area contributed by atoms with Gasteiger partial charge in [-0.15, -0.1) is 0 Å². The third kappa shape index (κ3) is 2.49. The molecule has 0 saturated carbocycles. The molecule has 4 heteroatoms. The van der Waals surface area contributed by atoms with Crippen molar-refractivity contribution < 1.29 is 4.39 Å². The summed E-state index contributed by atoms with van der Waals surface area (Å²) in [5.41, 5.74) is 3.36. The maximum atomic E-state index is 12.9. The van der Waals surface area contributed by atoms with Crippen LogP contribution in [0.4, 0.5) is 4.39 Å². The second-order valence-electron chi connectivity index (χ2n) is 4.40. The summed E-state index contributed by atoms with van der Waals surface area (Å²) in [5.74, 6) is 5.10. The summed E-state index contributed by atoms with van der Waals surface area (Å²) in [7, 11) is 0. The number of hydrogen-bond acceptors (Lipinski definition) is 3. The molecule has 1 unspecified atom stereocenters. The number of nitrogens with two attached hydrogens (primary N) is 1. The van der Waals surface area contributed by atoms with Crippen LogP contribution in [0.1, 0.15) is 32.4 Å². The highest BCUT2D eigenvalue weighted by Crippen LogP contribution is 2.31. The maximum Gasteiger partial charge on any atom is 0.141 e. The van der Waals surface area contributed by atoms with Gasteiger partial charge in [0.25, 0.3) is 0 Å². The molecule has 0 aliphatic heterocycles. The molecule has 78 valence electrons. The van der Waals surface area contributed by atoms with Crippen LogP contribution in [0.25, 0.3) is 0 Å². The standard InChI is InChI=1S/C10H16FN3/c1-10(2,3)9(14-12)7-4-8(11)6-13-5-7/h4-6,9,14H,12H2,1-3H3. The fourth-order valence-corrected chi connectivity index (χ4v) is 1.43. The Morgan fingerprint density at radius 3 is 2.50 bits per heavy atom. The summed E-state index contributed by atoms with van der Waals surface area (Å²) in [5, 5.41) is 0. The van der Waals surface area contributed by atoms with Crippen molar-refractivity contribution in [1.29, 1.82) is 0 Å². The summed E-state index contributed by atoms with van der Waals surface area (Å²) >= 11 is 0. The topological polar surface area (TPSA) is 50.9 Å². The van der Waals surface area contributed by atoms with Crippen LogP contribution in [0.3, 0.4) is 0 Å². The second kappa shape index (κ2) is 4.02. The number of hydrazine groups is 1. The van der Waals surface area contributed by atoms with E-state index in [4.69, 9.17) is 5.84 Å². The highest BCUT2D eigenvalue weighted by atomic mass is 19.1. The number of pyridine rings is 1. The molecule has 3 nitrogen and oxygen atoms in total. The Balaban J connectivity index is 3.01. The smallest absolute Gasteiger partial charge is 0.141 e. The fraction of sp³-hybridized carbons (Fsp3) is 0.500. The van der Waals surface area contributed by atoms with Crippen LogP contribution in [-0.2, 0) is 0 Å². The van der Waals surface area contributed by atoms with Gasteiger partial charge in [0, 0.05) is 6.20 Å². The normalized spacial score (nSPS) is 14.1. The van der Waals surface area contributed by atoms with Gasteiger partial charge in [-0.1, -0.05) is 20.8 Å². The quantitative estimate of drug-likeness (QED) is 0.561. The second-order valence-corrected chi connectivity index (χ2v) is 4.40. The van der Waals surface area contributed by atoms with E-state index in [0.717, 1.165) is 5.56 Å². The Labute approximate surface area is 83.5 Å². The first-order chi connectivity index (χ1) is 6.45. The number of hydrogen-bond donors (Lipinski definition) is 2. The van der Waals surface area contributed by atoms with Crippen molar-refractivity contribution in [3.63, 3.8) is 0 Å². The van der Waals surface area contributed by atoms with E-state index in [9.17, 15) is 4.39 Å². The molecule has 0 fully saturated rings. The molecule has 1 heterocycles. The zero-order chi connectivity index (χ0) is 10.8. The first kappa shape index (κ1) is 11.1. The summed E-state index contributed by atoms with van der Waals surface area (Å²) in [6.45, 7) is 6.09. The molecule has 14 heavy (non-hydrogen) atoms. The van der Waals surface area contributed by atoms with Gasteiger partial charge in [0.1, 0.15) is 5.82 Å². The van der Waals surface area contributed by atoms with Gasteiger partial charge in [-0.2, -0.15) is 0 Å². The van der Waals surface area contributed by atoms with E-state index in [1.807, 2.05) is 20.8 Å². The predicted octanol–water partition coefficient (Wildman–Crippen LogP) is 1.77. The van der Waals surface area contributed by atoms with Crippen LogP contribution in [0.2, 0.25) is 0 Å². The molecule has 1 rings (SSSR count). The molecule has 0 amide bonds. The van der Waals surface area contributed by atoms with Gasteiger partial charge in [0.05, 0.1) is 12.2 Å². The number of aromatic nitrogens is 1. The minimum absolute atomic E-state index is 0.0791. The monoisotopic (exact) mass is 197 g/mol. The number of halogens is 1. The first-order valence-electron chi connectivity index (χ1n) is 4.51. The van der Waals surface area contributed by atoms with E-state index in [-0.39, 0.29) is 17.3 Å². The average molecular weight is 197 g/mol. The Bertz CT molecular complexity index is 306. The molecule has 1 atom stereocenters. The minimum atomic E-state index is -0.341. The zero-order valence-electron chi connectivity index (χ0n) is 8.71. The van der Waals surface area contributed by atoms with Gasteiger partial charge < -0.3 is 0 Å². The number of nitrogens with zero attached hydrogens (tertiary/aromatic N) is 1. The van der Waals surface area contributed by atoms with Gasteiger partial charge in [-0.25, -0.2) is 4.39 Å². The van der Waals surface area contributed by atoms with Gasteiger partial charge in [0.15, 0.2) is 0 Å². The minimum Gasteiger partial charge on any atom is -0.271 e. The largest absolute Gasteiger partial charge is 0.271 e. The molecule has 3 N–H and O–H groups in total. The van der Waals surface area contributed by atoms with Crippen molar-refractivity contribution in [2.45, 2.75) is 26.8 Å². The van der Waals surface area contributed by atoms with Crippen LogP contribution in [0, 0.1) is 11.2 Å². The van der Waals surface area contributed by atoms with Crippen LogP contribution in [-0.4, -0.2) is 4.98 Å². The molecule has 0 radical (unpaired) electrons. The molecule has 1 aromatic rings. The van der Waals surface area contributed by atoms with Crippen molar-refractivity contribution in [1.82, 2.24) is 10.4 Å². The first-order valence-corrected chi connectivity index (χ1v) is 4.51. The van der Waals surface area contributed by atoms with Crippen molar-refractivity contribution in [3.8, 4) is 0 Å². The number of nitrogens with one attached hydrogen (secondary N) is 1. The maximum absolute atomic E-state index is 12.9. The van der Waals surface area contributed by atoms with E-state index >= 15 is 0 Å². The van der Waals surface area contributed by atoms with E-state index < -0.39 is 0 Å². The Morgan fingerprint density at radius 1 is 1.43 bits per heavy atom. The summed E-state index contributed by atoms with van der Waals surface area (Å²) in [6, 6.07) is 1.34. The Hall–Kier alpha value is -1.00. The molecule has 0 bridgehead atoms. The Morgan fingerprint density at radius 2 is 2.07 bits per heavy atom. The lowest BCUT2D eigenvalue weighted by Crippen LogP contribution is -2.36. The summed E-state index contributed by atoms with van der Waals surface area (Å²) < 4.78 is 12.9. The van der Waals surface area contributed by atoms with E-state index in [0.29, 0.717) is 0 Å². The van der Waals surface area contributed by atoms with E-state index in [2.05, 4.69) is 10.4 Å². The van der Waals surface area contributed by atoms with Crippen molar-refractivity contribution in [2.75, 3.05) is 0 Å². The SMILES string of the molecule is CC(C)(C)C(NN)c1cncc(F)c1. The van der Waals surface area contributed by atoms with Gasteiger partial charge >= 0.3 is 0 Å².